The van der Waals surface area contributed by atoms with Crippen molar-refractivity contribution in [3.8, 4) is 5.75 Å². The second-order valence-electron chi connectivity index (χ2n) is 6.26. The summed E-state index contributed by atoms with van der Waals surface area (Å²) in [4.78, 5) is 12.5. The molecule has 2 rings (SSSR count). The van der Waals surface area contributed by atoms with Crippen molar-refractivity contribution >= 4 is 11.6 Å². The molecular weight excluding hydrogens is 286 g/mol. The quantitative estimate of drug-likeness (QED) is 0.858. The Bertz CT molecular complexity index is 675. The number of aryl methyl sites for hydroxylation is 2. The van der Waals surface area contributed by atoms with Crippen LogP contribution in [0.1, 0.15) is 43.4 Å². The van der Waals surface area contributed by atoms with E-state index in [2.05, 4.69) is 25.2 Å². The molecule has 0 aliphatic heterocycles. The molecule has 23 heavy (non-hydrogen) atoms. The molecule has 3 nitrogen and oxygen atoms in total. The number of hydrogen-bond acceptors (Lipinski definition) is 2. The Morgan fingerprint density at radius 3 is 2.26 bits per heavy atom. The molecule has 1 atom stereocenters. The molecule has 0 fully saturated rings. The molecule has 1 N–H and O–H groups in total. The minimum Gasteiger partial charge on any atom is -0.481 e. The molecule has 2 aromatic carbocycles. The van der Waals surface area contributed by atoms with Crippen LogP contribution in [0.25, 0.3) is 0 Å². The Morgan fingerprint density at radius 1 is 1.00 bits per heavy atom. The summed E-state index contributed by atoms with van der Waals surface area (Å²) in [5, 5.41) is 3.03. The van der Waals surface area contributed by atoms with Crippen molar-refractivity contribution in [1.29, 1.82) is 0 Å². The summed E-state index contributed by atoms with van der Waals surface area (Å²) in [6.07, 6.45) is -0.558. The highest BCUT2D eigenvalue weighted by molar-refractivity contribution is 5.95. The van der Waals surface area contributed by atoms with Gasteiger partial charge < -0.3 is 10.1 Å². The average Bonchev–Trinajstić information content (AvgIpc) is 2.51. The van der Waals surface area contributed by atoms with Crippen LogP contribution >= 0.6 is 0 Å². The number of ether oxygens (including phenoxy) is 1. The van der Waals surface area contributed by atoms with Gasteiger partial charge in [0, 0.05) is 5.69 Å². The Labute approximate surface area is 138 Å². The molecule has 122 valence electrons. The number of hydrogen-bond donors (Lipinski definition) is 1. The van der Waals surface area contributed by atoms with Crippen molar-refractivity contribution in [3.05, 3.63) is 59.2 Å². The highest BCUT2D eigenvalue weighted by Crippen LogP contribution is 2.27. The number of para-hydroxylation sites is 1. The molecule has 0 aliphatic carbocycles. The van der Waals surface area contributed by atoms with Gasteiger partial charge in [-0.25, -0.2) is 0 Å². The summed E-state index contributed by atoms with van der Waals surface area (Å²) in [5.74, 6) is 0.910. The van der Waals surface area contributed by atoms with Crippen LogP contribution in [0, 0.1) is 13.8 Å². The van der Waals surface area contributed by atoms with Crippen LogP contribution in [0.3, 0.4) is 0 Å². The third kappa shape index (κ3) is 4.35. The summed E-state index contributed by atoms with van der Waals surface area (Å²) in [7, 11) is 0. The number of carbonyl (C=O) groups is 1. The predicted octanol–water partition coefficient (Wildman–Crippen LogP) is 4.83. The van der Waals surface area contributed by atoms with E-state index in [4.69, 9.17) is 4.74 Å². The van der Waals surface area contributed by atoms with Gasteiger partial charge in [0.1, 0.15) is 5.75 Å². The van der Waals surface area contributed by atoms with Gasteiger partial charge in [-0.15, -0.1) is 0 Å². The van der Waals surface area contributed by atoms with E-state index in [-0.39, 0.29) is 5.91 Å². The first kappa shape index (κ1) is 17.1. The normalized spacial score (nSPS) is 12.1. The van der Waals surface area contributed by atoms with Gasteiger partial charge in [0.05, 0.1) is 0 Å². The number of rotatable bonds is 5. The van der Waals surface area contributed by atoms with Crippen LogP contribution in [0.2, 0.25) is 0 Å². The minimum absolute atomic E-state index is 0.137. The predicted molar refractivity (Wildman–Crippen MR) is 95.2 cm³/mol. The van der Waals surface area contributed by atoms with E-state index in [0.29, 0.717) is 11.7 Å². The Kier molecular flexibility index (Phi) is 5.43. The van der Waals surface area contributed by atoms with Crippen molar-refractivity contribution < 1.29 is 9.53 Å². The topological polar surface area (TPSA) is 38.3 Å². The van der Waals surface area contributed by atoms with Gasteiger partial charge in [0.2, 0.25) is 0 Å². The van der Waals surface area contributed by atoms with Crippen LogP contribution in [-0.4, -0.2) is 12.0 Å². The lowest BCUT2D eigenvalue weighted by Crippen LogP contribution is -2.30. The number of anilines is 1. The molecule has 0 bridgehead atoms. The lowest BCUT2D eigenvalue weighted by molar-refractivity contribution is -0.122. The molecule has 0 heterocycles. The summed E-state index contributed by atoms with van der Waals surface area (Å²) in [6, 6.07) is 13.8. The van der Waals surface area contributed by atoms with Crippen LogP contribution in [0.5, 0.6) is 5.75 Å². The SMILES string of the molecule is Cc1ccc(O[C@@H](C)C(=O)Nc2c(C)cccc2C(C)C)cc1. The molecule has 3 heteroatoms. The van der Waals surface area contributed by atoms with Crippen molar-refractivity contribution in [1.82, 2.24) is 0 Å². The summed E-state index contributed by atoms with van der Waals surface area (Å²) >= 11 is 0. The maximum absolute atomic E-state index is 12.5. The van der Waals surface area contributed by atoms with E-state index in [1.807, 2.05) is 50.2 Å². The minimum atomic E-state index is -0.558. The first-order valence-corrected chi connectivity index (χ1v) is 8.02. The lowest BCUT2D eigenvalue weighted by Gasteiger charge is -2.19. The van der Waals surface area contributed by atoms with Gasteiger partial charge in [0.15, 0.2) is 6.10 Å². The first-order valence-electron chi connectivity index (χ1n) is 8.02. The van der Waals surface area contributed by atoms with Gasteiger partial charge >= 0.3 is 0 Å². The standard InChI is InChI=1S/C20H25NO2/c1-13(2)18-8-6-7-15(4)19(18)21-20(22)16(5)23-17-11-9-14(3)10-12-17/h6-13,16H,1-5H3,(H,21,22)/t16-/m0/s1. The van der Waals surface area contributed by atoms with E-state index in [1.165, 1.54) is 0 Å². The molecule has 0 unspecified atom stereocenters. The van der Waals surface area contributed by atoms with Crippen LogP contribution in [0.4, 0.5) is 5.69 Å². The van der Waals surface area contributed by atoms with E-state index in [9.17, 15) is 4.79 Å². The number of benzene rings is 2. The molecule has 0 aliphatic rings. The van der Waals surface area contributed by atoms with E-state index in [0.717, 1.165) is 22.4 Å². The second-order valence-corrected chi connectivity index (χ2v) is 6.26. The Morgan fingerprint density at radius 2 is 1.65 bits per heavy atom. The van der Waals surface area contributed by atoms with Crippen molar-refractivity contribution in [3.63, 3.8) is 0 Å². The summed E-state index contributed by atoms with van der Waals surface area (Å²) in [5.41, 5.74) is 4.26. The average molecular weight is 311 g/mol. The van der Waals surface area contributed by atoms with Gasteiger partial charge in [0.25, 0.3) is 5.91 Å². The van der Waals surface area contributed by atoms with Crippen LogP contribution < -0.4 is 10.1 Å². The molecule has 0 saturated carbocycles. The largest absolute Gasteiger partial charge is 0.481 e. The number of carbonyl (C=O) groups excluding carboxylic acids is 1. The smallest absolute Gasteiger partial charge is 0.265 e. The molecule has 0 saturated heterocycles. The van der Waals surface area contributed by atoms with E-state index in [1.54, 1.807) is 6.92 Å². The fraction of sp³-hybridized carbons (Fsp3) is 0.350. The third-order valence-electron chi connectivity index (χ3n) is 3.88. The Hall–Kier alpha value is -2.29. The van der Waals surface area contributed by atoms with Gasteiger partial charge in [-0.2, -0.15) is 0 Å². The highest BCUT2D eigenvalue weighted by Gasteiger charge is 2.18. The first-order chi connectivity index (χ1) is 10.9. The third-order valence-corrected chi connectivity index (χ3v) is 3.88. The Balaban J connectivity index is 2.11. The van der Waals surface area contributed by atoms with Crippen molar-refractivity contribution in [2.45, 2.75) is 46.6 Å². The monoisotopic (exact) mass is 311 g/mol. The molecule has 0 radical (unpaired) electrons. The van der Waals surface area contributed by atoms with Gasteiger partial charge in [-0.1, -0.05) is 49.7 Å². The molecular formula is C20H25NO2. The van der Waals surface area contributed by atoms with Gasteiger partial charge in [-0.3, -0.25) is 4.79 Å². The molecule has 1 amide bonds. The fourth-order valence-electron chi connectivity index (χ4n) is 2.44. The maximum Gasteiger partial charge on any atom is 0.265 e. The van der Waals surface area contributed by atoms with Gasteiger partial charge in [-0.05, 0) is 49.9 Å². The zero-order valence-corrected chi connectivity index (χ0v) is 14.5. The lowest BCUT2D eigenvalue weighted by atomic mass is 9.98. The maximum atomic E-state index is 12.5. The number of nitrogens with one attached hydrogen (secondary N) is 1. The molecule has 0 spiro atoms. The zero-order valence-electron chi connectivity index (χ0n) is 14.5. The second kappa shape index (κ2) is 7.32. The highest BCUT2D eigenvalue weighted by atomic mass is 16.5. The van der Waals surface area contributed by atoms with Crippen LogP contribution in [-0.2, 0) is 4.79 Å². The van der Waals surface area contributed by atoms with Crippen LogP contribution in [0.15, 0.2) is 42.5 Å². The molecule has 2 aromatic rings. The number of amides is 1. The fourth-order valence-corrected chi connectivity index (χ4v) is 2.44. The van der Waals surface area contributed by atoms with Crippen molar-refractivity contribution in [2.75, 3.05) is 5.32 Å². The van der Waals surface area contributed by atoms with Crippen molar-refractivity contribution in [2.24, 2.45) is 0 Å². The summed E-state index contributed by atoms with van der Waals surface area (Å²) < 4.78 is 5.73. The van der Waals surface area contributed by atoms with E-state index < -0.39 is 6.10 Å². The summed E-state index contributed by atoms with van der Waals surface area (Å²) in [6.45, 7) is 10.0. The zero-order chi connectivity index (χ0) is 17.0. The van der Waals surface area contributed by atoms with E-state index >= 15 is 0 Å². The molecule has 0 aromatic heterocycles.